The van der Waals surface area contributed by atoms with Gasteiger partial charge in [0.25, 0.3) is 11.7 Å². The van der Waals surface area contributed by atoms with E-state index in [4.69, 9.17) is 9.47 Å². The van der Waals surface area contributed by atoms with Gasteiger partial charge in [-0.05, 0) is 32.0 Å². The highest BCUT2D eigenvalue weighted by Crippen LogP contribution is 2.30. The summed E-state index contributed by atoms with van der Waals surface area (Å²) in [4.78, 5) is 19.4. The number of aromatic amines is 1. The first kappa shape index (κ1) is 19.9. The molecule has 3 N–H and O–H groups in total. The van der Waals surface area contributed by atoms with Gasteiger partial charge in [0, 0.05) is 17.8 Å². The molecule has 1 fully saturated rings. The number of hydrogen-bond donors (Lipinski definition) is 2. The maximum absolute atomic E-state index is 12.5. The SMILES string of the molecule is CCOc1ccc(NC(=O)C[NH+]2CCN(c3cccc[nH+]3)CC2)cc1OCC. The Kier molecular flexibility index (Phi) is 7.08. The summed E-state index contributed by atoms with van der Waals surface area (Å²) in [7, 11) is 0. The molecule has 7 heteroatoms. The molecule has 2 aromatic rings. The molecule has 0 aliphatic carbocycles. The predicted octanol–water partition coefficient (Wildman–Crippen LogP) is 0.642. The number of pyridine rings is 1. The minimum absolute atomic E-state index is 0.0151. The molecule has 7 nitrogen and oxygen atoms in total. The number of H-pyrrole nitrogens is 1. The van der Waals surface area contributed by atoms with Gasteiger partial charge in [0.15, 0.2) is 18.0 Å². The number of hydrogen-bond acceptors (Lipinski definition) is 4. The number of anilines is 2. The van der Waals surface area contributed by atoms with Crippen LogP contribution in [-0.2, 0) is 4.79 Å². The van der Waals surface area contributed by atoms with E-state index in [1.807, 2.05) is 50.4 Å². The summed E-state index contributed by atoms with van der Waals surface area (Å²) < 4.78 is 11.2. The number of carbonyl (C=O) groups is 1. The van der Waals surface area contributed by atoms with Crippen molar-refractivity contribution in [1.82, 2.24) is 0 Å². The molecule has 2 heterocycles. The zero-order valence-corrected chi connectivity index (χ0v) is 16.7. The van der Waals surface area contributed by atoms with Gasteiger partial charge < -0.3 is 19.7 Å². The summed E-state index contributed by atoms with van der Waals surface area (Å²) >= 11 is 0. The third kappa shape index (κ3) is 5.36. The molecule has 150 valence electrons. The van der Waals surface area contributed by atoms with Crippen molar-refractivity contribution in [3.05, 3.63) is 42.6 Å². The van der Waals surface area contributed by atoms with E-state index in [1.165, 1.54) is 4.90 Å². The lowest BCUT2D eigenvalue weighted by Crippen LogP contribution is -3.15. The van der Waals surface area contributed by atoms with Gasteiger partial charge in [-0.3, -0.25) is 9.69 Å². The Bertz CT molecular complexity index is 762. The number of carbonyl (C=O) groups excluding carboxylic acids is 1. The van der Waals surface area contributed by atoms with Crippen molar-refractivity contribution in [2.24, 2.45) is 0 Å². The normalized spacial score (nSPS) is 14.6. The fourth-order valence-electron chi connectivity index (χ4n) is 3.38. The number of nitrogens with one attached hydrogen (secondary N) is 3. The van der Waals surface area contributed by atoms with Gasteiger partial charge >= 0.3 is 0 Å². The molecule has 0 atom stereocenters. The lowest BCUT2D eigenvalue weighted by Gasteiger charge is -2.27. The average molecular weight is 386 g/mol. The molecule has 1 aliphatic heterocycles. The number of aromatic nitrogens is 1. The van der Waals surface area contributed by atoms with Crippen molar-refractivity contribution in [3.8, 4) is 11.5 Å². The van der Waals surface area contributed by atoms with Crippen LogP contribution in [-0.4, -0.2) is 51.8 Å². The number of piperazine rings is 1. The Morgan fingerprint density at radius 2 is 1.86 bits per heavy atom. The molecule has 28 heavy (non-hydrogen) atoms. The number of nitrogens with zero attached hydrogens (tertiary/aromatic N) is 1. The first-order valence-corrected chi connectivity index (χ1v) is 9.94. The first-order chi connectivity index (χ1) is 13.7. The molecule has 0 saturated carbocycles. The minimum atomic E-state index is 0.0151. The first-order valence-electron chi connectivity index (χ1n) is 9.94. The van der Waals surface area contributed by atoms with Gasteiger partial charge in [0.05, 0.1) is 19.4 Å². The summed E-state index contributed by atoms with van der Waals surface area (Å²) in [5, 5.41) is 2.99. The third-order valence-corrected chi connectivity index (χ3v) is 4.74. The van der Waals surface area contributed by atoms with Crippen molar-refractivity contribution in [1.29, 1.82) is 0 Å². The van der Waals surface area contributed by atoms with Gasteiger partial charge in [-0.25, -0.2) is 4.98 Å². The standard InChI is InChI=1S/C21H28N4O3/c1-3-27-18-9-8-17(15-19(18)28-4-2)23-21(26)16-24-11-13-25(14-12-24)20-7-5-6-10-22-20/h5-10,15H,3-4,11-14,16H2,1-2H3,(H,23,26)/p+2. The van der Waals surface area contributed by atoms with Crippen molar-refractivity contribution < 1.29 is 24.2 Å². The fourth-order valence-corrected chi connectivity index (χ4v) is 3.38. The molecule has 1 amide bonds. The van der Waals surface area contributed by atoms with Crippen LogP contribution in [0, 0.1) is 0 Å². The topological polar surface area (TPSA) is 69.4 Å². The molecule has 1 aromatic heterocycles. The van der Waals surface area contributed by atoms with Crippen LogP contribution in [0.4, 0.5) is 11.5 Å². The number of amides is 1. The minimum Gasteiger partial charge on any atom is -0.490 e. The van der Waals surface area contributed by atoms with E-state index in [-0.39, 0.29) is 5.91 Å². The predicted molar refractivity (Wildman–Crippen MR) is 108 cm³/mol. The average Bonchev–Trinajstić information content (AvgIpc) is 2.71. The molecule has 0 unspecified atom stereocenters. The summed E-state index contributed by atoms with van der Waals surface area (Å²) in [6, 6.07) is 11.6. The zero-order chi connectivity index (χ0) is 19.8. The molecular formula is C21H30N4O3+2. The van der Waals surface area contributed by atoms with Crippen LogP contribution < -0.4 is 29.6 Å². The summed E-state index contributed by atoms with van der Waals surface area (Å²) in [6.45, 7) is 9.17. The maximum atomic E-state index is 12.5. The Hall–Kier alpha value is -2.80. The highest BCUT2D eigenvalue weighted by molar-refractivity contribution is 5.91. The molecule has 1 aromatic carbocycles. The summed E-state index contributed by atoms with van der Waals surface area (Å²) in [6.07, 6.45) is 1.94. The lowest BCUT2D eigenvalue weighted by atomic mass is 10.2. The van der Waals surface area contributed by atoms with E-state index in [9.17, 15) is 4.79 Å². The Balaban J connectivity index is 1.51. The van der Waals surface area contributed by atoms with Gasteiger partial charge in [-0.2, -0.15) is 0 Å². The highest BCUT2D eigenvalue weighted by atomic mass is 16.5. The molecule has 0 radical (unpaired) electrons. The van der Waals surface area contributed by atoms with Crippen molar-refractivity contribution in [2.75, 3.05) is 56.2 Å². The van der Waals surface area contributed by atoms with Crippen LogP contribution in [0.25, 0.3) is 0 Å². The second-order valence-corrected chi connectivity index (χ2v) is 6.74. The highest BCUT2D eigenvalue weighted by Gasteiger charge is 2.27. The van der Waals surface area contributed by atoms with Crippen molar-refractivity contribution >= 4 is 17.4 Å². The van der Waals surface area contributed by atoms with Crippen molar-refractivity contribution in [3.63, 3.8) is 0 Å². The Morgan fingerprint density at radius 3 is 2.54 bits per heavy atom. The summed E-state index contributed by atoms with van der Waals surface area (Å²) in [5.74, 6) is 2.49. The molecule has 0 spiro atoms. The lowest BCUT2D eigenvalue weighted by molar-refractivity contribution is -0.892. The number of benzene rings is 1. The third-order valence-electron chi connectivity index (χ3n) is 4.74. The molecule has 0 bridgehead atoms. The number of ether oxygens (including phenoxy) is 2. The summed E-state index contributed by atoms with van der Waals surface area (Å²) in [5.41, 5.74) is 0.730. The van der Waals surface area contributed by atoms with Gasteiger partial charge in [-0.1, -0.05) is 6.07 Å². The van der Waals surface area contributed by atoms with E-state index in [0.717, 1.165) is 37.7 Å². The van der Waals surface area contributed by atoms with Crippen LogP contribution >= 0.6 is 0 Å². The van der Waals surface area contributed by atoms with Crippen LogP contribution in [0.3, 0.4) is 0 Å². The van der Waals surface area contributed by atoms with Crippen LogP contribution in [0.1, 0.15) is 13.8 Å². The van der Waals surface area contributed by atoms with Crippen LogP contribution in [0.2, 0.25) is 0 Å². The van der Waals surface area contributed by atoms with E-state index >= 15 is 0 Å². The van der Waals surface area contributed by atoms with Crippen LogP contribution in [0.15, 0.2) is 42.6 Å². The second-order valence-electron chi connectivity index (χ2n) is 6.74. The second kappa shape index (κ2) is 9.94. The van der Waals surface area contributed by atoms with E-state index < -0.39 is 0 Å². The Labute approximate surface area is 166 Å². The van der Waals surface area contributed by atoms with E-state index in [1.54, 1.807) is 0 Å². The molecule has 3 rings (SSSR count). The van der Waals surface area contributed by atoms with Crippen molar-refractivity contribution in [2.45, 2.75) is 13.8 Å². The van der Waals surface area contributed by atoms with Crippen LogP contribution in [0.5, 0.6) is 11.5 Å². The van der Waals surface area contributed by atoms with E-state index in [2.05, 4.69) is 21.3 Å². The van der Waals surface area contributed by atoms with Gasteiger partial charge in [0.2, 0.25) is 0 Å². The molecular weight excluding hydrogens is 356 g/mol. The molecule has 1 aliphatic rings. The van der Waals surface area contributed by atoms with Gasteiger partial charge in [0.1, 0.15) is 26.2 Å². The monoisotopic (exact) mass is 386 g/mol. The van der Waals surface area contributed by atoms with Gasteiger partial charge in [-0.15, -0.1) is 0 Å². The molecule has 1 saturated heterocycles. The maximum Gasteiger partial charge on any atom is 0.279 e. The van der Waals surface area contributed by atoms with E-state index in [0.29, 0.717) is 31.3 Å². The fraction of sp³-hybridized carbons (Fsp3) is 0.429. The smallest absolute Gasteiger partial charge is 0.279 e. The number of rotatable bonds is 8. The number of quaternary nitrogens is 1. The zero-order valence-electron chi connectivity index (χ0n) is 16.7. The largest absolute Gasteiger partial charge is 0.490 e. The Morgan fingerprint density at radius 1 is 1.11 bits per heavy atom. The quantitative estimate of drug-likeness (QED) is 0.699.